The van der Waals surface area contributed by atoms with Crippen molar-refractivity contribution in [3.05, 3.63) is 59.9 Å². The van der Waals surface area contributed by atoms with Gasteiger partial charge in [-0.25, -0.2) is 9.48 Å². The number of nitrogens with zero attached hydrogens (tertiary/aromatic N) is 2. The molecule has 1 aromatic heterocycles. The van der Waals surface area contributed by atoms with Crippen LogP contribution in [-0.2, 0) is 0 Å². The summed E-state index contributed by atoms with van der Waals surface area (Å²) in [4.78, 5) is 11.6. The van der Waals surface area contributed by atoms with Crippen LogP contribution in [0.1, 0.15) is 18.5 Å². The molecule has 6 heteroatoms. The van der Waals surface area contributed by atoms with Crippen molar-refractivity contribution < 1.29 is 4.79 Å². The van der Waals surface area contributed by atoms with Crippen molar-refractivity contribution in [3.8, 4) is 5.69 Å². The van der Waals surface area contributed by atoms with E-state index in [0.717, 1.165) is 11.3 Å². The van der Waals surface area contributed by atoms with Crippen LogP contribution in [0.2, 0.25) is 0 Å². The predicted octanol–water partition coefficient (Wildman–Crippen LogP) is 2.99. The van der Waals surface area contributed by atoms with Gasteiger partial charge >= 0.3 is 6.03 Å². The second-order valence-corrected chi connectivity index (χ2v) is 5.14. The number of carbonyl (C=O) groups excluding carboxylic acids is 1. The van der Waals surface area contributed by atoms with Crippen LogP contribution in [-0.4, -0.2) is 22.4 Å². The minimum absolute atomic E-state index is 0.111. The molecule has 0 aliphatic heterocycles. The molecule has 5 nitrogen and oxygen atoms in total. The summed E-state index contributed by atoms with van der Waals surface area (Å²) in [6.07, 6.45) is 3.61. The quantitative estimate of drug-likeness (QED) is 0.892. The molecule has 0 radical (unpaired) electrons. The van der Waals surface area contributed by atoms with Gasteiger partial charge in [0, 0.05) is 17.4 Å². The molecule has 0 spiro atoms. The molecule has 1 heterocycles. The predicted molar refractivity (Wildman–Crippen MR) is 83.5 cm³/mol. The van der Waals surface area contributed by atoms with Crippen molar-refractivity contribution in [2.24, 2.45) is 0 Å². The van der Waals surface area contributed by atoms with Crippen LogP contribution in [0.15, 0.2) is 54.3 Å². The van der Waals surface area contributed by atoms with Crippen molar-refractivity contribution in [3.63, 3.8) is 0 Å². The van der Waals surface area contributed by atoms with Gasteiger partial charge in [-0.15, -0.1) is 0 Å². The summed E-state index contributed by atoms with van der Waals surface area (Å²) < 4.78 is 1.78. The lowest BCUT2D eigenvalue weighted by molar-refractivity contribution is 0.239. The number of nitrogens with one attached hydrogen (secondary N) is 2. The van der Waals surface area contributed by atoms with Crippen LogP contribution >= 0.6 is 11.6 Å². The van der Waals surface area contributed by atoms with Gasteiger partial charge in [0.1, 0.15) is 0 Å². The average Bonchev–Trinajstić information content (AvgIpc) is 2.99. The number of rotatable bonds is 5. The van der Waals surface area contributed by atoms with E-state index in [1.54, 1.807) is 10.9 Å². The molecule has 0 aliphatic rings. The molecule has 0 fully saturated rings. The zero-order valence-corrected chi connectivity index (χ0v) is 12.5. The summed E-state index contributed by atoms with van der Waals surface area (Å²) >= 11 is 5.60. The molecular formula is C15H17ClN4O. The highest BCUT2D eigenvalue weighted by molar-refractivity contribution is 6.29. The summed E-state index contributed by atoms with van der Waals surface area (Å²) in [5.74, 6) is 0. The van der Waals surface area contributed by atoms with Crippen molar-refractivity contribution >= 4 is 17.6 Å². The highest BCUT2D eigenvalue weighted by Gasteiger charge is 2.09. The van der Waals surface area contributed by atoms with E-state index in [1.807, 2.05) is 43.5 Å². The van der Waals surface area contributed by atoms with Crippen molar-refractivity contribution in [1.82, 2.24) is 20.4 Å². The van der Waals surface area contributed by atoms with Gasteiger partial charge in [-0.1, -0.05) is 30.3 Å². The van der Waals surface area contributed by atoms with E-state index < -0.39 is 0 Å². The smallest absolute Gasteiger partial charge is 0.315 e. The first-order valence-electron chi connectivity index (χ1n) is 6.54. The number of hydrogen-bond donors (Lipinski definition) is 2. The van der Waals surface area contributed by atoms with E-state index in [1.165, 1.54) is 0 Å². The normalized spacial score (nSPS) is 11.7. The minimum Gasteiger partial charge on any atom is -0.333 e. The number of aromatic nitrogens is 2. The molecule has 21 heavy (non-hydrogen) atoms. The minimum atomic E-state index is -0.277. The first-order chi connectivity index (χ1) is 10.1. The molecule has 2 amide bonds. The van der Waals surface area contributed by atoms with Crippen LogP contribution in [0.3, 0.4) is 0 Å². The fourth-order valence-corrected chi connectivity index (χ4v) is 1.91. The fraction of sp³-hybridized carbons (Fsp3) is 0.200. The van der Waals surface area contributed by atoms with Crippen LogP contribution in [0.4, 0.5) is 4.79 Å². The van der Waals surface area contributed by atoms with Crippen LogP contribution in [0.5, 0.6) is 0 Å². The summed E-state index contributed by atoms with van der Waals surface area (Å²) in [7, 11) is 0. The summed E-state index contributed by atoms with van der Waals surface area (Å²) in [5.41, 5.74) is 1.98. The van der Waals surface area contributed by atoms with E-state index in [0.29, 0.717) is 5.03 Å². The van der Waals surface area contributed by atoms with Gasteiger partial charge in [0.05, 0.1) is 18.3 Å². The molecule has 110 valence electrons. The highest BCUT2D eigenvalue weighted by Crippen LogP contribution is 2.15. The van der Waals surface area contributed by atoms with Crippen LogP contribution in [0, 0.1) is 0 Å². The SMILES string of the molecule is C=C(Cl)CNC(=O)N[C@@H](C)c1ccc(-n2cccn2)cc1. The number of carbonyl (C=O) groups is 1. The lowest BCUT2D eigenvalue weighted by Crippen LogP contribution is -2.37. The molecule has 0 saturated heterocycles. The number of halogens is 1. The Hall–Kier alpha value is -2.27. The second-order valence-electron chi connectivity index (χ2n) is 4.61. The Bertz CT molecular complexity index is 607. The third-order valence-corrected chi connectivity index (χ3v) is 3.08. The van der Waals surface area contributed by atoms with Crippen molar-refractivity contribution in [2.45, 2.75) is 13.0 Å². The average molecular weight is 305 g/mol. The first kappa shape index (κ1) is 15.1. The Morgan fingerprint density at radius 1 is 1.43 bits per heavy atom. The molecule has 0 bridgehead atoms. The number of benzene rings is 1. The summed E-state index contributed by atoms with van der Waals surface area (Å²) in [6.45, 7) is 5.68. The van der Waals surface area contributed by atoms with E-state index in [4.69, 9.17) is 11.6 Å². The van der Waals surface area contributed by atoms with Gasteiger partial charge in [-0.2, -0.15) is 5.10 Å². The lowest BCUT2D eigenvalue weighted by Gasteiger charge is -2.15. The number of amides is 2. The van der Waals surface area contributed by atoms with Gasteiger partial charge in [0.15, 0.2) is 0 Å². The maximum atomic E-state index is 11.6. The Morgan fingerprint density at radius 3 is 2.71 bits per heavy atom. The first-order valence-corrected chi connectivity index (χ1v) is 6.91. The molecule has 1 aromatic carbocycles. The molecule has 0 unspecified atom stereocenters. The Balaban J connectivity index is 1.95. The third kappa shape index (κ3) is 4.36. The molecule has 2 rings (SSSR count). The van der Waals surface area contributed by atoms with Gasteiger partial charge in [0.25, 0.3) is 0 Å². The lowest BCUT2D eigenvalue weighted by atomic mass is 10.1. The monoisotopic (exact) mass is 304 g/mol. The molecule has 0 aliphatic carbocycles. The fourth-order valence-electron chi connectivity index (χ4n) is 1.84. The van der Waals surface area contributed by atoms with E-state index in [2.05, 4.69) is 22.3 Å². The highest BCUT2D eigenvalue weighted by atomic mass is 35.5. The van der Waals surface area contributed by atoms with Crippen molar-refractivity contribution in [2.75, 3.05) is 6.54 Å². The van der Waals surface area contributed by atoms with Gasteiger partial charge in [-0.3, -0.25) is 0 Å². The molecule has 2 aromatic rings. The molecule has 0 saturated carbocycles. The van der Waals surface area contributed by atoms with Crippen LogP contribution < -0.4 is 10.6 Å². The largest absolute Gasteiger partial charge is 0.333 e. The standard InChI is InChI=1S/C15H17ClN4O/c1-11(16)10-17-15(21)19-12(2)13-4-6-14(7-5-13)20-9-3-8-18-20/h3-9,12H,1,10H2,2H3,(H2,17,19,21)/t12-/m0/s1. The second kappa shape index (κ2) is 6.95. The number of hydrogen-bond acceptors (Lipinski definition) is 2. The topological polar surface area (TPSA) is 59.0 Å². The number of urea groups is 1. The summed E-state index contributed by atoms with van der Waals surface area (Å²) in [6, 6.07) is 9.32. The Labute approximate surface area is 128 Å². The van der Waals surface area contributed by atoms with Crippen molar-refractivity contribution in [1.29, 1.82) is 0 Å². The van der Waals surface area contributed by atoms with Gasteiger partial charge in [-0.05, 0) is 30.7 Å². The maximum absolute atomic E-state index is 11.6. The van der Waals surface area contributed by atoms with E-state index in [-0.39, 0.29) is 18.6 Å². The third-order valence-electron chi connectivity index (χ3n) is 2.95. The summed E-state index contributed by atoms with van der Waals surface area (Å²) in [5, 5.41) is 10.0. The maximum Gasteiger partial charge on any atom is 0.315 e. The zero-order chi connectivity index (χ0) is 15.2. The molecule has 2 N–H and O–H groups in total. The van der Waals surface area contributed by atoms with Crippen LogP contribution in [0.25, 0.3) is 5.69 Å². The van der Waals surface area contributed by atoms with Gasteiger partial charge in [0.2, 0.25) is 0 Å². The van der Waals surface area contributed by atoms with Gasteiger partial charge < -0.3 is 10.6 Å². The Kier molecular flexibility index (Phi) is 5.00. The zero-order valence-electron chi connectivity index (χ0n) is 11.7. The van der Waals surface area contributed by atoms with E-state index in [9.17, 15) is 4.79 Å². The van der Waals surface area contributed by atoms with E-state index >= 15 is 0 Å². The Morgan fingerprint density at radius 2 is 2.14 bits per heavy atom. The molecule has 1 atom stereocenters. The molecular weight excluding hydrogens is 288 g/mol.